The summed E-state index contributed by atoms with van der Waals surface area (Å²) in [6, 6.07) is 18.9. The molecule has 2 N–H and O–H groups in total. The van der Waals surface area contributed by atoms with Crippen molar-refractivity contribution in [1.82, 2.24) is 10.3 Å². The maximum atomic E-state index is 12.4. The van der Waals surface area contributed by atoms with Gasteiger partial charge in [0.1, 0.15) is 23.9 Å². The molecule has 3 rings (SSSR count). The Labute approximate surface area is 170 Å². The third kappa shape index (κ3) is 5.97. The number of methoxy groups -OCH3 is 1. The first-order chi connectivity index (χ1) is 14.2. The normalized spacial score (nSPS) is 10.3. The smallest absolute Gasteiger partial charge is 0.251 e. The largest absolute Gasteiger partial charge is 0.497 e. The Bertz CT molecular complexity index is 942. The van der Waals surface area contributed by atoms with Crippen molar-refractivity contribution in [1.29, 1.82) is 0 Å². The summed E-state index contributed by atoms with van der Waals surface area (Å²) < 4.78 is 10.8. The number of benzene rings is 2. The van der Waals surface area contributed by atoms with Gasteiger partial charge >= 0.3 is 0 Å². The fourth-order valence-corrected chi connectivity index (χ4v) is 2.77. The van der Waals surface area contributed by atoms with Gasteiger partial charge in [-0.25, -0.2) is 4.98 Å². The first-order valence-electron chi connectivity index (χ1n) is 9.45. The van der Waals surface area contributed by atoms with Crippen LogP contribution in [-0.4, -0.2) is 31.2 Å². The van der Waals surface area contributed by atoms with Gasteiger partial charge in [-0.15, -0.1) is 0 Å². The zero-order chi connectivity index (χ0) is 20.5. The van der Waals surface area contributed by atoms with Crippen molar-refractivity contribution in [3.8, 4) is 11.5 Å². The number of rotatable bonds is 9. The van der Waals surface area contributed by atoms with Gasteiger partial charge in [0.15, 0.2) is 0 Å². The van der Waals surface area contributed by atoms with Crippen molar-refractivity contribution in [3.63, 3.8) is 0 Å². The van der Waals surface area contributed by atoms with Gasteiger partial charge in [0.2, 0.25) is 0 Å². The van der Waals surface area contributed by atoms with Crippen LogP contribution < -0.4 is 20.1 Å². The van der Waals surface area contributed by atoms with Crippen molar-refractivity contribution in [2.45, 2.75) is 13.5 Å². The number of ether oxygens (including phenoxy) is 2. The highest BCUT2D eigenvalue weighted by molar-refractivity contribution is 5.94. The monoisotopic (exact) mass is 391 g/mol. The number of aryl methyl sites for hydroxylation is 1. The molecule has 6 nitrogen and oxygen atoms in total. The maximum Gasteiger partial charge on any atom is 0.251 e. The molecular weight excluding hydrogens is 366 g/mol. The van der Waals surface area contributed by atoms with Crippen LogP contribution >= 0.6 is 0 Å². The molecule has 0 atom stereocenters. The van der Waals surface area contributed by atoms with Crippen LogP contribution in [0.2, 0.25) is 0 Å². The number of pyridine rings is 1. The number of hydrogen-bond acceptors (Lipinski definition) is 5. The summed E-state index contributed by atoms with van der Waals surface area (Å²) in [7, 11) is 1.63. The van der Waals surface area contributed by atoms with Gasteiger partial charge in [-0.05, 0) is 54.4 Å². The van der Waals surface area contributed by atoms with Crippen molar-refractivity contribution >= 4 is 11.7 Å². The quantitative estimate of drug-likeness (QED) is 0.543. The molecule has 0 bridgehead atoms. The van der Waals surface area contributed by atoms with Crippen LogP contribution in [0.5, 0.6) is 11.5 Å². The molecule has 0 aliphatic carbocycles. The van der Waals surface area contributed by atoms with Gasteiger partial charge in [-0.1, -0.05) is 24.3 Å². The summed E-state index contributed by atoms with van der Waals surface area (Å²) in [5.74, 6) is 2.06. The second-order valence-electron chi connectivity index (χ2n) is 6.49. The van der Waals surface area contributed by atoms with E-state index < -0.39 is 0 Å². The molecule has 0 spiro atoms. The topological polar surface area (TPSA) is 72.5 Å². The average molecular weight is 391 g/mol. The minimum Gasteiger partial charge on any atom is -0.497 e. The molecule has 0 unspecified atom stereocenters. The lowest BCUT2D eigenvalue weighted by molar-refractivity contribution is 0.0951. The van der Waals surface area contributed by atoms with Crippen LogP contribution in [0.25, 0.3) is 0 Å². The molecule has 0 aliphatic rings. The zero-order valence-corrected chi connectivity index (χ0v) is 16.6. The van der Waals surface area contributed by atoms with Crippen LogP contribution in [0.1, 0.15) is 21.5 Å². The number of carbonyl (C=O) groups is 1. The Morgan fingerprint density at radius 3 is 2.55 bits per heavy atom. The van der Waals surface area contributed by atoms with E-state index in [-0.39, 0.29) is 5.91 Å². The molecule has 150 valence electrons. The van der Waals surface area contributed by atoms with E-state index >= 15 is 0 Å². The van der Waals surface area contributed by atoms with E-state index in [4.69, 9.17) is 9.47 Å². The van der Waals surface area contributed by atoms with Crippen molar-refractivity contribution in [2.24, 2.45) is 0 Å². The molecule has 0 radical (unpaired) electrons. The molecule has 0 saturated heterocycles. The third-order valence-corrected chi connectivity index (χ3v) is 4.46. The molecule has 1 aromatic heterocycles. The van der Waals surface area contributed by atoms with Crippen molar-refractivity contribution in [2.75, 3.05) is 25.6 Å². The van der Waals surface area contributed by atoms with E-state index in [1.165, 1.54) is 0 Å². The van der Waals surface area contributed by atoms with Crippen LogP contribution in [0.15, 0.2) is 66.9 Å². The number of anilines is 1. The fraction of sp³-hybridized carbons (Fsp3) is 0.217. The third-order valence-electron chi connectivity index (χ3n) is 4.46. The molecule has 6 heteroatoms. The Morgan fingerprint density at radius 1 is 1.03 bits per heavy atom. The van der Waals surface area contributed by atoms with Crippen LogP contribution in [0, 0.1) is 6.92 Å². The summed E-state index contributed by atoms with van der Waals surface area (Å²) in [5, 5.41) is 6.13. The summed E-state index contributed by atoms with van der Waals surface area (Å²) in [6.45, 7) is 3.56. The average Bonchev–Trinajstić information content (AvgIpc) is 2.76. The number of hydrogen-bond donors (Lipinski definition) is 2. The molecule has 0 saturated carbocycles. The minimum absolute atomic E-state index is 0.131. The number of nitrogens with one attached hydrogen (secondary N) is 2. The van der Waals surface area contributed by atoms with E-state index in [1.54, 1.807) is 25.4 Å². The van der Waals surface area contributed by atoms with Crippen molar-refractivity contribution < 1.29 is 14.3 Å². The predicted molar refractivity (Wildman–Crippen MR) is 114 cm³/mol. The van der Waals surface area contributed by atoms with E-state index in [2.05, 4.69) is 15.6 Å². The Kier molecular flexibility index (Phi) is 7.05. The lowest BCUT2D eigenvalue weighted by atomic mass is 10.1. The highest BCUT2D eigenvalue weighted by atomic mass is 16.5. The molecular formula is C23H25N3O3. The van der Waals surface area contributed by atoms with Gasteiger partial charge in [0.25, 0.3) is 5.91 Å². The first kappa shape index (κ1) is 20.2. The molecule has 29 heavy (non-hydrogen) atoms. The standard InChI is InChI=1S/C23H25N3O3/c1-17-5-3-4-6-19(17)16-26-23(27)18-11-12-24-22(15-18)25-13-14-29-21-9-7-20(28-2)8-10-21/h3-12,15H,13-14,16H2,1-2H3,(H,24,25)(H,26,27). The SMILES string of the molecule is COc1ccc(OCCNc2cc(C(=O)NCc3ccccc3C)ccn2)cc1. The summed E-state index contributed by atoms with van der Waals surface area (Å²) in [5.41, 5.74) is 2.82. The zero-order valence-electron chi connectivity index (χ0n) is 16.6. The number of nitrogens with zero attached hydrogens (tertiary/aromatic N) is 1. The molecule has 1 amide bonds. The second kappa shape index (κ2) is 10.1. The lowest BCUT2D eigenvalue weighted by Crippen LogP contribution is -2.23. The van der Waals surface area contributed by atoms with Gasteiger partial charge in [-0.2, -0.15) is 0 Å². The molecule has 2 aromatic carbocycles. The number of aromatic nitrogens is 1. The minimum atomic E-state index is -0.131. The Hall–Kier alpha value is -3.54. The van der Waals surface area contributed by atoms with E-state index in [0.29, 0.717) is 31.1 Å². The molecule has 1 heterocycles. The second-order valence-corrected chi connectivity index (χ2v) is 6.49. The van der Waals surface area contributed by atoms with Gasteiger partial charge in [0.05, 0.1) is 13.7 Å². The highest BCUT2D eigenvalue weighted by Crippen LogP contribution is 2.17. The van der Waals surface area contributed by atoms with Gasteiger partial charge in [0, 0.05) is 18.3 Å². The highest BCUT2D eigenvalue weighted by Gasteiger charge is 2.07. The van der Waals surface area contributed by atoms with Gasteiger partial charge < -0.3 is 20.1 Å². The van der Waals surface area contributed by atoms with E-state index in [1.807, 2.05) is 55.5 Å². The summed E-state index contributed by atoms with van der Waals surface area (Å²) in [4.78, 5) is 16.7. The Morgan fingerprint density at radius 2 is 1.79 bits per heavy atom. The summed E-state index contributed by atoms with van der Waals surface area (Å²) in [6.07, 6.45) is 1.62. The molecule has 0 aliphatic heterocycles. The van der Waals surface area contributed by atoms with Crippen molar-refractivity contribution in [3.05, 3.63) is 83.6 Å². The van der Waals surface area contributed by atoms with Crippen LogP contribution in [0.3, 0.4) is 0 Å². The fourth-order valence-electron chi connectivity index (χ4n) is 2.77. The predicted octanol–water partition coefficient (Wildman–Crippen LogP) is 3.82. The lowest BCUT2D eigenvalue weighted by Gasteiger charge is -2.10. The number of amides is 1. The number of carbonyl (C=O) groups excluding carboxylic acids is 1. The van der Waals surface area contributed by atoms with Gasteiger partial charge in [-0.3, -0.25) is 4.79 Å². The van der Waals surface area contributed by atoms with Crippen LogP contribution in [-0.2, 0) is 6.54 Å². The molecule has 3 aromatic rings. The van der Waals surface area contributed by atoms with Crippen LogP contribution in [0.4, 0.5) is 5.82 Å². The molecule has 0 fully saturated rings. The maximum absolute atomic E-state index is 12.4. The van der Waals surface area contributed by atoms with E-state index in [9.17, 15) is 4.79 Å². The summed E-state index contributed by atoms with van der Waals surface area (Å²) >= 11 is 0. The first-order valence-corrected chi connectivity index (χ1v) is 9.45. The van der Waals surface area contributed by atoms with E-state index in [0.717, 1.165) is 22.6 Å². The Balaban J connectivity index is 1.47.